The van der Waals surface area contributed by atoms with Gasteiger partial charge in [-0.1, -0.05) is 0 Å². The van der Waals surface area contributed by atoms with Crippen LogP contribution in [-0.2, 0) is 6.18 Å². The number of rotatable bonds is 3. The smallest absolute Gasteiger partial charge is 0.436 e. The van der Waals surface area contributed by atoms with E-state index in [2.05, 4.69) is 5.10 Å². The number of benzene rings is 2. The van der Waals surface area contributed by atoms with Gasteiger partial charge in [0.1, 0.15) is 17.4 Å². The highest BCUT2D eigenvalue weighted by molar-refractivity contribution is 5.71. The Hall–Kier alpha value is -3.41. The summed E-state index contributed by atoms with van der Waals surface area (Å²) in [7, 11) is 1.24. The van der Waals surface area contributed by atoms with Crippen LogP contribution in [0.15, 0.2) is 42.5 Å². The third kappa shape index (κ3) is 3.33. The Morgan fingerprint density at radius 3 is 2.26 bits per heavy atom. The van der Waals surface area contributed by atoms with Crippen molar-refractivity contribution in [2.45, 2.75) is 6.18 Å². The number of hydrogen-bond donors (Lipinski definition) is 0. The molecule has 0 aliphatic rings. The van der Waals surface area contributed by atoms with Gasteiger partial charge in [-0.3, -0.25) is 0 Å². The summed E-state index contributed by atoms with van der Waals surface area (Å²) in [6, 6.07) is 9.43. The lowest BCUT2D eigenvalue weighted by atomic mass is 10.1. The maximum Gasteiger partial charge on any atom is 0.436 e. The van der Waals surface area contributed by atoms with Gasteiger partial charge < -0.3 is 4.74 Å². The largest absolute Gasteiger partial charge is 0.494 e. The minimum atomic E-state index is -4.91. The Morgan fingerprint density at radius 1 is 1.07 bits per heavy atom. The summed E-state index contributed by atoms with van der Waals surface area (Å²) in [5.74, 6) is -1.53. The lowest BCUT2D eigenvalue weighted by Crippen LogP contribution is -2.08. The molecule has 3 aromatic rings. The van der Waals surface area contributed by atoms with Crippen molar-refractivity contribution in [3.05, 3.63) is 65.4 Å². The minimum absolute atomic E-state index is 0.0165. The third-order valence-corrected chi connectivity index (χ3v) is 3.76. The van der Waals surface area contributed by atoms with E-state index in [1.807, 2.05) is 0 Å². The molecule has 1 heterocycles. The van der Waals surface area contributed by atoms with E-state index >= 15 is 0 Å². The van der Waals surface area contributed by atoms with E-state index < -0.39 is 29.1 Å². The molecule has 0 fully saturated rings. The summed E-state index contributed by atoms with van der Waals surface area (Å²) in [4.78, 5) is 0. The van der Waals surface area contributed by atoms with Crippen LogP contribution in [-0.4, -0.2) is 16.9 Å². The van der Waals surface area contributed by atoms with Crippen molar-refractivity contribution in [2.75, 3.05) is 7.11 Å². The summed E-state index contributed by atoms with van der Waals surface area (Å²) in [6.07, 6.45) is -4.91. The Balaban J connectivity index is 2.33. The van der Waals surface area contributed by atoms with Crippen LogP contribution in [0.3, 0.4) is 0 Å². The Bertz CT molecular complexity index is 1030. The number of methoxy groups -OCH3 is 1. The molecule has 2 aromatic carbocycles. The van der Waals surface area contributed by atoms with Gasteiger partial charge in [0.25, 0.3) is 0 Å². The number of nitriles is 1. The van der Waals surface area contributed by atoms with Gasteiger partial charge in [-0.15, -0.1) is 0 Å². The highest BCUT2D eigenvalue weighted by atomic mass is 19.4. The summed E-state index contributed by atoms with van der Waals surface area (Å²) in [5, 5.41) is 12.8. The lowest BCUT2D eigenvalue weighted by Gasteiger charge is -2.09. The van der Waals surface area contributed by atoms with E-state index in [-0.39, 0.29) is 22.7 Å². The molecule has 4 nitrogen and oxygen atoms in total. The van der Waals surface area contributed by atoms with E-state index in [4.69, 9.17) is 4.74 Å². The first kappa shape index (κ1) is 18.4. The second kappa shape index (κ2) is 6.72. The fraction of sp³-hybridized carbons (Fsp3) is 0.111. The van der Waals surface area contributed by atoms with Gasteiger partial charge >= 0.3 is 6.18 Å². The first-order valence-corrected chi connectivity index (χ1v) is 7.46. The molecule has 0 aliphatic carbocycles. The number of nitrogens with zero attached hydrogens (tertiary/aromatic N) is 3. The van der Waals surface area contributed by atoms with Crippen LogP contribution in [0.2, 0.25) is 0 Å². The van der Waals surface area contributed by atoms with Gasteiger partial charge in [0, 0.05) is 5.56 Å². The molecule has 0 unspecified atom stereocenters. The highest BCUT2D eigenvalue weighted by Crippen LogP contribution is 2.38. The van der Waals surface area contributed by atoms with Crippen molar-refractivity contribution in [1.82, 2.24) is 9.78 Å². The molecule has 9 heteroatoms. The van der Waals surface area contributed by atoms with Gasteiger partial charge in [0.15, 0.2) is 17.3 Å². The van der Waals surface area contributed by atoms with E-state index in [1.54, 1.807) is 0 Å². The average molecular weight is 379 g/mol. The predicted octanol–water partition coefficient (Wildman–Crippen LogP) is 4.72. The Morgan fingerprint density at radius 2 is 1.74 bits per heavy atom. The number of ether oxygens (including phenoxy) is 1. The molecule has 0 N–H and O–H groups in total. The van der Waals surface area contributed by atoms with Crippen LogP contribution in [0.1, 0.15) is 11.3 Å². The minimum Gasteiger partial charge on any atom is -0.494 e. The van der Waals surface area contributed by atoms with Crippen LogP contribution in [0.25, 0.3) is 16.9 Å². The van der Waals surface area contributed by atoms with Crippen molar-refractivity contribution < 1.29 is 26.7 Å². The molecule has 3 rings (SSSR count). The van der Waals surface area contributed by atoms with Crippen LogP contribution in [0.4, 0.5) is 22.0 Å². The van der Waals surface area contributed by atoms with E-state index in [0.29, 0.717) is 0 Å². The zero-order valence-corrected chi connectivity index (χ0v) is 13.7. The van der Waals surface area contributed by atoms with Crippen molar-refractivity contribution in [1.29, 1.82) is 5.26 Å². The van der Waals surface area contributed by atoms with Crippen LogP contribution in [0, 0.1) is 23.0 Å². The molecule has 0 bridgehead atoms. The number of alkyl halides is 3. The second-order valence-electron chi connectivity index (χ2n) is 5.42. The van der Waals surface area contributed by atoms with E-state index in [0.717, 1.165) is 22.9 Å². The number of hydrogen-bond acceptors (Lipinski definition) is 3. The first-order valence-electron chi connectivity index (χ1n) is 7.46. The van der Waals surface area contributed by atoms with E-state index in [9.17, 15) is 27.2 Å². The monoisotopic (exact) mass is 379 g/mol. The van der Waals surface area contributed by atoms with Crippen LogP contribution >= 0.6 is 0 Å². The van der Waals surface area contributed by atoms with Crippen molar-refractivity contribution in [3.8, 4) is 28.8 Å². The highest BCUT2D eigenvalue weighted by Gasteiger charge is 2.40. The molecular weight excluding hydrogens is 369 g/mol. The van der Waals surface area contributed by atoms with Crippen molar-refractivity contribution in [2.24, 2.45) is 0 Å². The van der Waals surface area contributed by atoms with Gasteiger partial charge in [-0.25, -0.2) is 13.5 Å². The molecule has 0 atom stereocenters. The molecule has 0 saturated heterocycles. The fourth-order valence-electron chi connectivity index (χ4n) is 2.57. The topological polar surface area (TPSA) is 50.8 Å². The van der Waals surface area contributed by atoms with Gasteiger partial charge in [-0.05, 0) is 42.5 Å². The molecule has 138 valence electrons. The molecule has 0 aliphatic heterocycles. The van der Waals surface area contributed by atoms with Crippen LogP contribution < -0.4 is 4.74 Å². The zero-order valence-electron chi connectivity index (χ0n) is 13.7. The number of aromatic nitrogens is 2. The van der Waals surface area contributed by atoms with E-state index in [1.165, 1.54) is 37.4 Å². The molecule has 0 spiro atoms. The summed E-state index contributed by atoms with van der Waals surface area (Å²) >= 11 is 0. The predicted molar refractivity (Wildman–Crippen MR) is 85.2 cm³/mol. The van der Waals surface area contributed by atoms with Crippen LogP contribution in [0.5, 0.6) is 5.75 Å². The normalized spacial score (nSPS) is 11.3. The SMILES string of the molecule is COc1ccc(-c2c(C#N)c(C(F)(F)F)nn2-c2ccc(F)cc2)cc1F. The summed E-state index contributed by atoms with van der Waals surface area (Å²) in [5.41, 5.74) is -2.39. The molecule has 1 aromatic heterocycles. The molecule has 27 heavy (non-hydrogen) atoms. The third-order valence-electron chi connectivity index (χ3n) is 3.76. The maximum atomic E-state index is 14.1. The molecule has 0 saturated carbocycles. The standard InChI is InChI=1S/C18H10F5N3O/c1-27-15-7-2-10(8-14(15)20)16-13(9-24)17(18(21,22)23)25-26(16)12-5-3-11(19)4-6-12/h2-8H,1H3. The Labute approximate surface area is 150 Å². The van der Waals surface area contributed by atoms with Crippen molar-refractivity contribution in [3.63, 3.8) is 0 Å². The van der Waals surface area contributed by atoms with Crippen molar-refractivity contribution >= 4 is 0 Å². The number of halogens is 5. The summed E-state index contributed by atoms with van der Waals surface area (Å²) in [6.45, 7) is 0. The molecular formula is C18H10F5N3O. The maximum absolute atomic E-state index is 14.1. The first-order chi connectivity index (χ1) is 12.8. The molecule has 0 amide bonds. The lowest BCUT2D eigenvalue weighted by molar-refractivity contribution is -0.141. The Kier molecular flexibility index (Phi) is 4.57. The van der Waals surface area contributed by atoms with Gasteiger partial charge in [0.2, 0.25) is 0 Å². The quantitative estimate of drug-likeness (QED) is 0.619. The molecule has 0 radical (unpaired) electrons. The van der Waals surface area contributed by atoms with Gasteiger partial charge in [-0.2, -0.15) is 23.5 Å². The average Bonchev–Trinajstić information content (AvgIpc) is 3.02. The second-order valence-corrected chi connectivity index (χ2v) is 5.42. The fourth-order valence-corrected chi connectivity index (χ4v) is 2.57. The summed E-state index contributed by atoms with van der Waals surface area (Å²) < 4.78 is 72.9. The zero-order chi connectivity index (χ0) is 19.8. The van der Waals surface area contributed by atoms with Gasteiger partial charge in [0.05, 0.1) is 18.5 Å².